The van der Waals surface area contributed by atoms with E-state index in [-0.39, 0.29) is 0 Å². The molecule has 0 atom stereocenters. The normalized spacial score (nSPS) is 17.2. The van der Waals surface area contributed by atoms with Gasteiger partial charge in [-0.05, 0) is 24.3 Å². The zero-order valence-corrected chi connectivity index (χ0v) is 15.7. The van der Waals surface area contributed by atoms with Crippen molar-refractivity contribution >= 4 is 23.2 Å². The van der Waals surface area contributed by atoms with E-state index in [1.807, 2.05) is 54.7 Å². The maximum Gasteiger partial charge on any atom is 0.299 e. The van der Waals surface area contributed by atoms with Gasteiger partial charge in [-0.25, -0.2) is 9.14 Å². The molecular formula is C22H23N5+2. The standard InChI is InChI=1S/C22H23N5/c1-18-10-5-4-8-15-26(16-24(18)2)21-13-9-14-22(23-21)27-17-25(3)19-11-6-7-12-20(19)27/h4-14,16-17H,1,15H2,2-3H3/q+2/b8-4-,10-5-. The van der Waals surface area contributed by atoms with Crippen molar-refractivity contribution in [3.8, 4) is 5.82 Å². The molecule has 1 aliphatic rings. The number of hydrogen-bond donors (Lipinski definition) is 0. The largest absolute Gasteiger partial charge is 0.299 e. The Morgan fingerprint density at radius 2 is 1.93 bits per heavy atom. The summed E-state index contributed by atoms with van der Waals surface area (Å²) >= 11 is 0. The number of rotatable bonds is 2. The fourth-order valence-corrected chi connectivity index (χ4v) is 3.17. The molecule has 5 heteroatoms. The third-order valence-corrected chi connectivity index (χ3v) is 4.67. The van der Waals surface area contributed by atoms with Crippen LogP contribution in [0.4, 0.5) is 5.82 Å². The minimum atomic E-state index is 0.735. The van der Waals surface area contributed by atoms with Crippen LogP contribution in [0.1, 0.15) is 0 Å². The summed E-state index contributed by atoms with van der Waals surface area (Å²) in [6.45, 7) is 4.82. The molecule has 134 valence electrons. The van der Waals surface area contributed by atoms with Gasteiger partial charge in [-0.2, -0.15) is 4.57 Å². The second kappa shape index (κ2) is 7.03. The molecule has 0 amide bonds. The van der Waals surface area contributed by atoms with Gasteiger partial charge in [0.2, 0.25) is 0 Å². The highest BCUT2D eigenvalue weighted by Gasteiger charge is 2.19. The van der Waals surface area contributed by atoms with Crippen LogP contribution >= 0.6 is 0 Å². The predicted molar refractivity (Wildman–Crippen MR) is 108 cm³/mol. The maximum absolute atomic E-state index is 4.93. The number of allylic oxidation sites excluding steroid dienone is 3. The first-order chi connectivity index (χ1) is 13.1. The van der Waals surface area contributed by atoms with Crippen molar-refractivity contribution in [1.82, 2.24) is 14.5 Å². The first-order valence-electron chi connectivity index (χ1n) is 8.93. The van der Waals surface area contributed by atoms with Crippen molar-refractivity contribution in [2.24, 2.45) is 7.05 Å². The van der Waals surface area contributed by atoms with Crippen LogP contribution in [0.15, 0.2) is 85.4 Å². The minimum Gasteiger partial charge on any atom is -0.269 e. The SMILES string of the molecule is C=C1/C=C\C=C/C[N+](c2cccc(-n3c[n+](C)c4ccccc43)n2)=CN1C. The number of benzene rings is 1. The maximum atomic E-state index is 4.93. The molecule has 2 aromatic heterocycles. The fraction of sp³-hybridized carbons (Fsp3) is 0.136. The van der Waals surface area contributed by atoms with E-state index in [9.17, 15) is 0 Å². The van der Waals surface area contributed by atoms with Crippen LogP contribution in [0, 0.1) is 0 Å². The first-order valence-corrected chi connectivity index (χ1v) is 8.93. The molecule has 0 unspecified atom stereocenters. The average molecular weight is 357 g/mol. The summed E-state index contributed by atoms with van der Waals surface area (Å²) in [5, 5.41) is 0. The Morgan fingerprint density at radius 3 is 2.81 bits per heavy atom. The summed E-state index contributed by atoms with van der Waals surface area (Å²) in [4.78, 5) is 6.93. The predicted octanol–water partition coefficient (Wildman–Crippen LogP) is 3.09. The van der Waals surface area contributed by atoms with Gasteiger partial charge in [0, 0.05) is 12.1 Å². The number of aryl methyl sites for hydroxylation is 1. The van der Waals surface area contributed by atoms with Crippen LogP contribution in [-0.2, 0) is 7.05 Å². The average Bonchev–Trinajstić information content (AvgIpc) is 3.06. The van der Waals surface area contributed by atoms with Gasteiger partial charge in [0.1, 0.15) is 0 Å². The summed E-state index contributed by atoms with van der Waals surface area (Å²) in [5.41, 5.74) is 3.22. The van der Waals surface area contributed by atoms with Crippen molar-refractivity contribution in [2.45, 2.75) is 0 Å². The van der Waals surface area contributed by atoms with Crippen molar-refractivity contribution in [3.63, 3.8) is 0 Å². The van der Waals surface area contributed by atoms with Gasteiger partial charge in [-0.1, -0.05) is 41.9 Å². The molecule has 1 aliphatic heterocycles. The molecule has 0 saturated heterocycles. The van der Waals surface area contributed by atoms with Crippen molar-refractivity contribution in [1.29, 1.82) is 0 Å². The van der Waals surface area contributed by atoms with E-state index in [0.29, 0.717) is 0 Å². The Hall–Kier alpha value is -3.47. The van der Waals surface area contributed by atoms with Crippen molar-refractivity contribution in [2.75, 3.05) is 13.6 Å². The molecule has 0 N–H and O–H groups in total. The number of pyridine rings is 1. The summed E-state index contributed by atoms with van der Waals surface area (Å²) in [5.74, 6) is 1.78. The van der Waals surface area contributed by atoms with Crippen LogP contribution in [-0.4, -0.2) is 39.0 Å². The topological polar surface area (TPSA) is 28.0 Å². The highest BCUT2D eigenvalue weighted by Crippen LogP contribution is 2.18. The number of fused-ring (bicyclic) bond motifs is 1. The highest BCUT2D eigenvalue weighted by atomic mass is 15.2. The Kier molecular flexibility index (Phi) is 4.42. The lowest BCUT2D eigenvalue weighted by molar-refractivity contribution is -0.645. The molecular weight excluding hydrogens is 334 g/mol. The van der Waals surface area contributed by atoms with Gasteiger partial charge in [-0.3, -0.25) is 4.90 Å². The van der Waals surface area contributed by atoms with E-state index in [1.54, 1.807) is 0 Å². The molecule has 0 fully saturated rings. The van der Waals surface area contributed by atoms with Crippen molar-refractivity contribution in [3.05, 3.63) is 85.4 Å². The Balaban J connectivity index is 1.79. The van der Waals surface area contributed by atoms with E-state index >= 15 is 0 Å². The first kappa shape index (κ1) is 17.0. The molecule has 0 spiro atoms. The number of imidazole rings is 1. The summed E-state index contributed by atoms with van der Waals surface area (Å²) in [7, 11) is 4.05. The quantitative estimate of drug-likeness (QED) is 0.659. The van der Waals surface area contributed by atoms with Gasteiger partial charge in [-0.15, -0.1) is 0 Å². The molecule has 4 rings (SSSR count). The zero-order chi connectivity index (χ0) is 18.8. The van der Waals surface area contributed by atoms with Gasteiger partial charge in [0.05, 0.1) is 26.3 Å². The highest BCUT2D eigenvalue weighted by molar-refractivity contribution is 5.73. The second-order valence-electron chi connectivity index (χ2n) is 6.60. The number of likely N-dealkylation sites (N-methyl/N-ethyl adjacent to an activating group) is 1. The van der Waals surface area contributed by atoms with E-state index in [1.165, 1.54) is 5.52 Å². The van der Waals surface area contributed by atoms with Gasteiger partial charge >= 0.3 is 0 Å². The number of hydrogen-bond acceptors (Lipinski definition) is 2. The number of para-hydroxylation sites is 2. The van der Waals surface area contributed by atoms with Gasteiger partial charge in [0.25, 0.3) is 18.0 Å². The summed E-state index contributed by atoms with van der Waals surface area (Å²) in [6.07, 6.45) is 12.2. The molecule has 0 saturated carbocycles. The minimum absolute atomic E-state index is 0.735. The summed E-state index contributed by atoms with van der Waals surface area (Å²) < 4.78 is 6.35. The van der Waals surface area contributed by atoms with Crippen molar-refractivity contribution < 1.29 is 9.14 Å². The Labute approximate surface area is 159 Å². The molecule has 1 aromatic carbocycles. The van der Waals surface area contributed by atoms with E-state index in [4.69, 9.17) is 4.98 Å². The molecule has 0 radical (unpaired) electrons. The van der Waals surface area contributed by atoms with Crippen LogP contribution in [0.2, 0.25) is 0 Å². The van der Waals surface area contributed by atoms with E-state index < -0.39 is 0 Å². The van der Waals surface area contributed by atoms with Crippen LogP contribution in [0.3, 0.4) is 0 Å². The van der Waals surface area contributed by atoms with Crippen LogP contribution in [0.5, 0.6) is 0 Å². The smallest absolute Gasteiger partial charge is 0.269 e. The van der Waals surface area contributed by atoms with E-state index in [0.717, 1.165) is 29.4 Å². The second-order valence-corrected chi connectivity index (χ2v) is 6.60. The Bertz CT molecular complexity index is 1100. The van der Waals surface area contributed by atoms with Crippen LogP contribution < -0.4 is 4.57 Å². The summed E-state index contributed by atoms with van der Waals surface area (Å²) in [6, 6.07) is 14.4. The monoisotopic (exact) mass is 357 g/mol. The van der Waals surface area contributed by atoms with Gasteiger partial charge in [0.15, 0.2) is 17.4 Å². The van der Waals surface area contributed by atoms with Gasteiger partial charge < -0.3 is 0 Å². The number of nitrogens with zero attached hydrogens (tertiary/aromatic N) is 5. The lowest BCUT2D eigenvalue weighted by atomic mass is 10.3. The third kappa shape index (κ3) is 3.31. The third-order valence-electron chi connectivity index (χ3n) is 4.67. The molecule has 0 bridgehead atoms. The zero-order valence-electron chi connectivity index (χ0n) is 15.7. The molecule has 0 aliphatic carbocycles. The Morgan fingerprint density at radius 1 is 1.07 bits per heavy atom. The lowest BCUT2D eigenvalue weighted by Gasteiger charge is -2.11. The van der Waals surface area contributed by atoms with Crippen LogP contribution in [0.25, 0.3) is 16.9 Å². The fourth-order valence-electron chi connectivity index (χ4n) is 3.17. The van der Waals surface area contributed by atoms with E-state index in [2.05, 4.69) is 64.0 Å². The molecule has 3 aromatic rings. The molecule has 27 heavy (non-hydrogen) atoms. The molecule has 5 nitrogen and oxygen atoms in total. The molecule has 3 heterocycles. The lowest BCUT2D eigenvalue weighted by Crippen LogP contribution is -2.25. The number of aromatic nitrogens is 3.